The molecule has 0 atom stereocenters. The molecule has 2 aromatic rings. The van der Waals surface area contributed by atoms with Crippen LogP contribution in [0.25, 0.3) is 5.57 Å². The van der Waals surface area contributed by atoms with Crippen LogP contribution >= 0.6 is 0 Å². The molecule has 0 saturated carbocycles. The van der Waals surface area contributed by atoms with Gasteiger partial charge in [-0.05, 0) is 30.0 Å². The van der Waals surface area contributed by atoms with E-state index in [2.05, 4.69) is 19.2 Å². The number of amides is 1. The van der Waals surface area contributed by atoms with Crippen molar-refractivity contribution in [1.82, 2.24) is 0 Å². The molecule has 1 aliphatic rings. The lowest BCUT2D eigenvalue weighted by molar-refractivity contribution is -0.110. The second-order valence-corrected chi connectivity index (χ2v) is 6.22. The van der Waals surface area contributed by atoms with Gasteiger partial charge in [-0.2, -0.15) is 0 Å². The number of ketones is 1. The minimum absolute atomic E-state index is 0.150. The highest BCUT2D eigenvalue weighted by molar-refractivity contribution is 6.35. The molecule has 0 fully saturated rings. The fourth-order valence-electron chi connectivity index (χ4n) is 2.77. The number of allylic oxidation sites excluding steroid dienone is 1. The molecule has 0 radical (unpaired) electrons. The third-order valence-electron chi connectivity index (χ3n) is 3.87. The highest BCUT2D eigenvalue weighted by atomic mass is 16.2. The van der Waals surface area contributed by atoms with Crippen molar-refractivity contribution in [3.63, 3.8) is 0 Å². The van der Waals surface area contributed by atoms with Crippen LogP contribution in [0.5, 0.6) is 0 Å². The van der Waals surface area contributed by atoms with E-state index in [0.29, 0.717) is 17.1 Å². The van der Waals surface area contributed by atoms with Crippen molar-refractivity contribution in [1.29, 1.82) is 0 Å². The van der Waals surface area contributed by atoms with Gasteiger partial charge in [0, 0.05) is 16.8 Å². The largest absolute Gasteiger partial charge is 0.321 e. The van der Waals surface area contributed by atoms with Crippen LogP contribution in [0.1, 0.15) is 35.3 Å². The number of carbonyl (C=O) groups excluding carboxylic acids is 2. The maximum Gasteiger partial charge on any atom is 0.256 e. The van der Waals surface area contributed by atoms with Gasteiger partial charge < -0.3 is 5.32 Å². The Bertz CT molecular complexity index is 786. The summed E-state index contributed by atoms with van der Waals surface area (Å²) in [6.45, 7) is 4.33. The minimum Gasteiger partial charge on any atom is -0.321 e. The summed E-state index contributed by atoms with van der Waals surface area (Å²) in [5, 5.41) is 2.78. The van der Waals surface area contributed by atoms with Gasteiger partial charge in [-0.3, -0.25) is 9.59 Å². The molecule has 1 N–H and O–H groups in total. The van der Waals surface area contributed by atoms with E-state index < -0.39 is 0 Å². The predicted molar refractivity (Wildman–Crippen MR) is 92.4 cm³/mol. The van der Waals surface area contributed by atoms with Crippen LogP contribution in [0.2, 0.25) is 0 Å². The Balaban J connectivity index is 1.85. The molecule has 116 valence electrons. The molecule has 3 heteroatoms. The van der Waals surface area contributed by atoms with Crippen LogP contribution in [0.4, 0.5) is 5.69 Å². The van der Waals surface area contributed by atoms with Gasteiger partial charge in [0.05, 0.1) is 5.57 Å². The van der Waals surface area contributed by atoms with Crippen LogP contribution in [-0.2, 0) is 11.2 Å². The average molecular weight is 305 g/mol. The quantitative estimate of drug-likeness (QED) is 0.682. The zero-order chi connectivity index (χ0) is 16.4. The van der Waals surface area contributed by atoms with E-state index in [-0.39, 0.29) is 11.7 Å². The molecule has 3 nitrogen and oxygen atoms in total. The van der Waals surface area contributed by atoms with Gasteiger partial charge >= 0.3 is 0 Å². The summed E-state index contributed by atoms with van der Waals surface area (Å²) in [4.78, 5) is 24.5. The summed E-state index contributed by atoms with van der Waals surface area (Å²) in [7, 11) is 0. The van der Waals surface area contributed by atoms with Crippen LogP contribution in [0.15, 0.2) is 54.6 Å². The van der Waals surface area contributed by atoms with E-state index in [9.17, 15) is 9.59 Å². The Hall–Kier alpha value is -2.68. The van der Waals surface area contributed by atoms with Gasteiger partial charge in [0.15, 0.2) is 5.78 Å². The van der Waals surface area contributed by atoms with Gasteiger partial charge in [0.2, 0.25) is 0 Å². The Morgan fingerprint density at radius 3 is 2.48 bits per heavy atom. The lowest BCUT2D eigenvalue weighted by Crippen LogP contribution is -2.06. The number of nitrogens with one attached hydrogen (secondary N) is 1. The first-order chi connectivity index (χ1) is 11.0. The van der Waals surface area contributed by atoms with Crippen molar-refractivity contribution in [3.8, 4) is 0 Å². The van der Waals surface area contributed by atoms with Crippen molar-refractivity contribution in [2.24, 2.45) is 5.92 Å². The molecule has 0 bridgehead atoms. The number of benzene rings is 2. The standard InChI is InChI=1S/C20H19NO2/c1-13(2)11-14-7-9-15(10-8-14)19(22)12-17-16-5-3-4-6-18(16)21-20(17)23/h3-10,12-13H,11H2,1-2H3,(H,21,23). The highest BCUT2D eigenvalue weighted by Gasteiger charge is 2.24. The number of anilines is 1. The Labute approximate surface area is 136 Å². The number of hydrogen-bond donors (Lipinski definition) is 1. The lowest BCUT2D eigenvalue weighted by atomic mass is 9.99. The van der Waals surface area contributed by atoms with Crippen molar-refractivity contribution in [2.75, 3.05) is 5.32 Å². The molecule has 1 aliphatic heterocycles. The van der Waals surface area contributed by atoms with Crippen molar-refractivity contribution in [3.05, 3.63) is 71.3 Å². The molecule has 1 heterocycles. The van der Waals surface area contributed by atoms with Crippen molar-refractivity contribution in [2.45, 2.75) is 20.3 Å². The van der Waals surface area contributed by atoms with Crippen molar-refractivity contribution >= 4 is 23.0 Å². The zero-order valence-electron chi connectivity index (χ0n) is 13.3. The highest BCUT2D eigenvalue weighted by Crippen LogP contribution is 2.31. The maximum absolute atomic E-state index is 12.4. The molecule has 0 aliphatic carbocycles. The molecule has 0 spiro atoms. The number of carbonyl (C=O) groups is 2. The first kappa shape index (κ1) is 15.2. The molecule has 0 unspecified atom stereocenters. The monoisotopic (exact) mass is 305 g/mol. The molecular formula is C20H19NO2. The van der Waals surface area contributed by atoms with E-state index in [1.165, 1.54) is 11.6 Å². The summed E-state index contributed by atoms with van der Waals surface area (Å²) in [6, 6.07) is 15.0. The van der Waals surface area contributed by atoms with Gasteiger partial charge in [0.1, 0.15) is 0 Å². The van der Waals surface area contributed by atoms with Gasteiger partial charge in [-0.1, -0.05) is 56.3 Å². The molecule has 3 rings (SSSR count). The summed E-state index contributed by atoms with van der Waals surface area (Å²) in [5.41, 5.74) is 3.78. The summed E-state index contributed by atoms with van der Waals surface area (Å²) in [6.07, 6.45) is 2.42. The smallest absolute Gasteiger partial charge is 0.256 e. The maximum atomic E-state index is 12.4. The zero-order valence-corrected chi connectivity index (χ0v) is 13.3. The second kappa shape index (κ2) is 6.21. The fourth-order valence-corrected chi connectivity index (χ4v) is 2.77. The summed E-state index contributed by atoms with van der Waals surface area (Å²) >= 11 is 0. The molecule has 2 aromatic carbocycles. The third-order valence-corrected chi connectivity index (χ3v) is 3.87. The molecule has 1 amide bonds. The summed E-state index contributed by atoms with van der Waals surface area (Å²) in [5.74, 6) is 0.205. The van der Waals surface area contributed by atoms with Gasteiger partial charge in [-0.15, -0.1) is 0 Å². The second-order valence-electron chi connectivity index (χ2n) is 6.22. The SMILES string of the molecule is CC(C)Cc1ccc(C(=O)C=C2C(=O)Nc3ccccc32)cc1. The predicted octanol–water partition coefficient (Wildman–Crippen LogP) is 4.10. The lowest BCUT2D eigenvalue weighted by Gasteiger charge is -2.05. The van der Waals surface area contributed by atoms with E-state index in [1.807, 2.05) is 48.5 Å². The normalized spacial score (nSPS) is 14.9. The Kier molecular flexibility index (Phi) is 4.11. The first-order valence-electron chi connectivity index (χ1n) is 7.80. The van der Waals surface area contributed by atoms with E-state index in [0.717, 1.165) is 17.7 Å². The number of hydrogen-bond acceptors (Lipinski definition) is 2. The molecule has 23 heavy (non-hydrogen) atoms. The number of para-hydroxylation sites is 1. The van der Waals surface area contributed by atoms with Crippen LogP contribution in [0.3, 0.4) is 0 Å². The molecule has 0 aromatic heterocycles. The molecule has 0 saturated heterocycles. The van der Waals surface area contributed by atoms with Gasteiger partial charge in [0.25, 0.3) is 5.91 Å². The molecular weight excluding hydrogens is 286 g/mol. The van der Waals surface area contributed by atoms with Gasteiger partial charge in [-0.25, -0.2) is 0 Å². The Morgan fingerprint density at radius 1 is 1.09 bits per heavy atom. The van der Waals surface area contributed by atoms with Crippen LogP contribution in [0, 0.1) is 5.92 Å². The van der Waals surface area contributed by atoms with E-state index >= 15 is 0 Å². The topological polar surface area (TPSA) is 46.2 Å². The van der Waals surface area contributed by atoms with Crippen molar-refractivity contribution < 1.29 is 9.59 Å². The van der Waals surface area contributed by atoms with E-state index in [1.54, 1.807) is 0 Å². The van der Waals surface area contributed by atoms with Crippen LogP contribution in [-0.4, -0.2) is 11.7 Å². The minimum atomic E-state index is -0.226. The van der Waals surface area contributed by atoms with Crippen LogP contribution < -0.4 is 5.32 Å². The first-order valence-corrected chi connectivity index (χ1v) is 7.80. The fraction of sp³-hybridized carbons (Fsp3) is 0.200. The number of fused-ring (bicyclic) bond motifs is 1. The number of rotatable bonds is 4. The average Bonchev–Trinajstić information content (AvgIpc) is 2.83. The Morgan fingerprint density at radius 2 is 1.78 bits per heavy atom. The van der Waals surface area contributed by atoms with E-state index in [4.69, 9.17) is 0 Å². The third kappa shape index (κ3) is 3.24. The summed E-state index contributed by atoms with van der Waals surface area (Å²) < 4.78 is 0.